The number of hydrogen-bond donors (Lipinski definition) is 2. The third-order valence-corrected chi connectivity index (χ3v) is 5.01. The van der Waals surface area contributed by atoms with Gasteiger partial charge in [0.05, 0.1) is 11.0 Å². The third-order valence-electron chi connectivity index (χ3n) is 4.10. The molecule has 3 nitrogen and oxygen atoms in total. The number of thiophene rings is 1. The Morgan fingerprint density at radius 2 is 2.05 bits per heavy atom. The summed E-state index contributed by atoms with van der Waals surface area (Å²) >= 11 is 1.46. The number of carbonyl (C=O) groups excluding carboxylic acids is 1. The Hall–Kier alpha value is -1.65. The molecule has 1 aromatic heterocycles. The molecule has 1 amide bonds. The average molecular weight is 301 g/mol. The predicted molar refractivity (Wildman–Crippen MR) is 85.4 cm³/mol. The molecule has 0 radical (unpaired) electrons. The van der Waals surface area contributed by atoms with E-state index in [-0.39, 0.29) is 17.9 Å². The van der Waals surface area contributed by atoms with Gasteiger partial charge in [0.2, 0.25) is 0 Å². The molecule has 1 saturated carbocycles. The van der Waals surface area contributed by atoms with E-state index in [1.165, 1.54) is 11.3 Å². The number of nitrogens with one attached hydrogen (secondary N) is 1. The highest BCUT2D eigenvalue weighted by Gasteiger charge is 2.26. The lowest BCUT2D eigenvalue weighted by Crippen LogP contribution is -2.32. The number of hydrogen-bond acceptors (Lipinski definition) is 3. The monoisotopic (exact) mass is 301 g/mol. The standard InChI is InChI=1S/C17H19NO2S/c19-15-8-4-7-13(15)11-18-17(20)16-14(9-10-21-16)12-5-2-1-3-6-12/h1-3,5-6,9-10,13,15,19H,4,7-8,11H2,(H,18,20). The average Bonchev–Trinajstić information content (AvgIpc) is 3.15. The van der Waals surface area contributed by atoms with Crippen LogP contribution in [0.25, 0.3) is 11.1 Å². The molecule has 1 aliphatic rings. The summed E-state index contributed by atoms with van der Waals surface area (Å²) in [4.78, 5) is 13.1. The summed E-state index contributed by atoms with van der Waals surface area (Å²) in [6.07, 6.45) is 2.64. The molecular weight excluding hydrogens is 282 g/mol. The Morgan fingerprint density at radius 1 is 1.24 bits per heavy atom. The predicted octanol–water partition coefficient (Wildman–Crippen LogP) is 3.31. The number of amides is 1. The first kappa shape index (κ1) is 14.3. The van der Waals surface area contributed by atoms with E-state index in [4.69, 9.17) is 0 Å². The van der Waals surface area contributed by atoms with Crippen molar-refractivity contribution in [1.82, 2.24) is 5.32 Å². The number of aliphatic hydroxyl groups is 1. The first-order valence-corrected chi connectivity index (χ1v) is 8.23. The van der Waals surface area contributed by atoms with Gasteiger partial charge in [0, 0.05) is 18.0 Å². The Bertz CT molecular complexity index is 608. The maximum Gasteiger partial charge on any atom is 0.261 e. The number of aliphatic hydroxyl groups excluding tert-OH is 1. The zero-order valence-electron chi connectivity index (χ0n) is 11.8. The van der Waals surface area contributed by atoms with Crippen LogP contribution in [0.5, 0.6) is 0 Å². The minimum Gasteiger partial charge on any atom is -0.393 e. The van der Waals surface area contributed by atoms with Crippen LogP contribution in [0.1, 0.15) is 28.9 Å². The molecule has 0 aliphatic heterocycles. The van der Waals surface area contributed by atoms with Crippen LogP contribution < -0.4 is 5.32 Å². The van der Waals surface area contributed by atoms with Gasteiger partial charge in [-0.2, -0.15) is 0 Å². The van der Waals surface area contributed by atoms with Crippen molar-refractivity contribution in [2.75, 3.05) is 6.54 Å². The van der Waals surface area contributed by atoms with Gasteiger partial charge in [-0.05, 0) is 29.9 Å². The van der Waals surface area contributed by atoms with Gasteiger partial charge in [0.15, 0.2) is 0 Å². The first-order valence-electron chi connectivity index (χ1n) is 7.35. The fourth-order valence-electron chi connectivity index (χ4n) is 2.89. The Balaban J connectivity index is 1.70. The van der Waals surface area contributed by atoms with Gasteiger partial charge in [-0.1, -0.05) is 36.8 Å². The lowest BCUT2D eigenvalue weighted by molar-refractivity contribution is 0.0921. The minimum atomic E-state index is -0.262. The molecule has 2 atom stereocenters. The molecule has 110 valence electrons. The SMILES string of the molecule is O=C(NCC1CCCC1O)c1sccc1-c1ccccc1. The van der Waals surface area contributed by atoms with Gasteiger partial charge in [0.25, 0.3) is 5.91 Å². The van der Waals surface area contributed by atoms with Crippen molar-refractivity contribution in [2.45, 2.75) is 25.4 Å². The highest BCUT2D eigenvalue weighted by Crippen LogP contribution is 2.29. The molecule has 1 aromatic carbocycles. The second kappa shape index (κ2) is 6.41. The smallest absolute Gasteiger partial charge is 0.261 e. The summed E-state index contributed by atoms with van der Waals surface area (Å²) in [6.45, 7) is 0.562. The fraction of sp³-hybridized carbons (Fsp3) is 0.353. The second-order valence-corrected chi connectivity index (χ2v) is 6.41. The van der Waals surface area contributed by atoms with Gasteiger partial charge < -0.3 is 10.4 Å². The molecule has 1 fully saturated rings. The van der Waals surface area contributed by atoms with Crippen LogP contribution in [-0.2, 0) is 0 Å². The van der Waals surface area contributed by atoms with E-state index in [9.17, 15) is 9.90 Å². The summed E-state index contributed by atoms with van der Waals surface area (Å²) < 4.78 is 0. The van der Waals surface area contributed by atoms with Crippen molar-refractivity contribution in [3.8, 4) is 11.1 Å². The van der Waals surface area contributed by atoms with Gasteiger partial charge in [0.1, 0.15) is 0 Å². The highest BCUT2D eigenvalue weighted by molar-refractivity contribution is 7.12. The van der Waals surface area contributed by atoms with Gasteiger partial charge in [-0.25, -0.2) is 0 Å². The third kappa shape index (κ3) is 3.17. The normalized spacial score (nSPS) is 21.4. The summed E-state index contributed by atoms with van der Waals surface area (Å²) in [7, 11) is 0. The van der Waals surface area contributed by atoms with E-state index >= 15 is 0 Å². The van der Waals surface area contributed by atoms with E-state index in [2.05, 4.69) is 5.32 Å². The Kier molecular flexibility index (Phi) is 4.36. The fourth-order valence-corrected chi connectivity index (χ4v) is 3.72. The summed E-state index contributed by atoms with van der Waals surface area (Å²) in [6, 6.07) is 11.9. The van der Waals surface area contributed by atoms with Crippen molar-refractivity contribution in [1.29, 1.82) is 0 Å². The zero-order valence-corrected chi connectivity index (χ0v) is 12.6. The van der Waals surface area contributed by atoms with E-state index in [0.29, 0.717) is 6.54 Å². The molecule has 2 aromatic rings. The Morgan fingerprint density at radius 3 is 2.76 bits per heavy atom. The van der Waals surface area contributed by atoms with Crippen LogP contribution in [0, 0.1) is 5.92 Å². The maximum absolute atomic E-state index is 12.4. The maximum atomic E-state index is 12.4. The molecule has 2 N–H and O–H groups in total. The lowest BCUT2D eigenvalue weighted by atomic mass is 10.1. The van der Waals surface area contributed by atoms with Crippen molar-refractivity contribution in [3.63, 3.8) is 0 Å². The van der Waals surface area contributed by atoms with Gasteiger partial charge >= 0.3 is 0 Å². The molecule has 4 heteroatoms. The van der Waals surface area contributed by atoms with E-state index in [1.807, 2.05) is 41.8 Å². The number of benzene rings is 1. The van der Waals surface area contributed by atoms with Crippen LogP contribution in [0.4, 0.5) is 0 Å². The van der Waals surface area contributed by atoms with E-state index in [1.54, 1.807) is 0 Å². The van der Waals surface area contributed by atoms with Crippen molar-refractivity contribution in [2.24, 2.45) is 5.92 Å². The first-order chi connectivity index (χ1) is 10.3. The van der Waals surface area contributed by atoms with Crippen LogP contribution >= 0.6 is 11.3 Å². The van der Waals surface area contributed by atoms with Crippen molar-refractivity contribution >= 4 is 17.2 Å². The quantitative estimate of drug-likeness (QED) is 0.910. The van der Waals surface area contributed by atoms with Crippen LogP contribution in [0.15, 0.2) is 41.8 Å². The molecule has 0 bridgehead atoms. The molecule has 21 heavy (non-hydrogen) atoms. The topological polar surface area (TPSA) is 49.3 Å². The van der Waals surface area contributed by atoms with Crippen molar-refractivity contribution < 1.29 is 9.90 Å². The zero-order chi connectivity index (χ0) is 14.7. The summed E-state index contributed by atoms with van der Waals surface area (Å²) in [5.74, 6) is 0.164. The largest absolute Gasteiger partial charge is 0.393 e. The minimum absolute atomic E-state index is 0.0389. The molecule has 1 aliphatic carbocycles. The highest BCUT2D eigenvalue weighted by atomic mass is 32.1. The molecule has 1 heterocycles. The Labute approximate surface area is 128 Å². The number of carbonyl (C=O) groups is 1. The van der Waals surface area contributed by atoms with Gasteiger partial charge in [-0.15, -0.1) is 11.3 Å². The van der Waals surface area contributed by atoms with Gasteiger partial charge in [-0.3, -0.25) is 4.79 Å². The second-order valence-electron chi connectivity index (χ2n) is 5.50. The number of rotatable bonds is 4. The van der Waals surface area contributed by atoms with E-state index in [0.717, 1.165) is 35.3 Å². The molecule has 0 saturated heterocycles. The van der Waals surface area contributed by atoms with Crippen molar-refractivity contribution in [3.05, 3.63) is 46.7 Å². The summed E-state index contributed by atoms with van der Waals surface area (Å²) in [5.41, 5.74) is 2.04. The van der Waals surface area contributed by atoms with Crippen LogP contribution in [-0.4, -0.2) is 23.7 Å². The van der Waals surface area contributed by atoms with E-state index < -0.39 is 0 Å². The van der Waals surface area contributed by atoms with Crippen LogP contribution in [0.2, 0.25) is 0 Å². The molecule has 2 unspecified atom stereocenters. The summed E-state index contributed by atoms with van der Waals surface area (Å²) in [5, 5.41) is 14.7. The molecule has 0 spiro atoms. The molecule has 3 rings (SSSR count). The lowest BCUT2D eigenvalue weighted by Gasteiger charge is -2.15. The van der Waals surface area contributed by atoms with Crippen LogP contribution in [0.3, 0.4) is 0 Å². The molecular formula is C17H19NO2S.